The molecular weight excluding hydrogens is 282 g/mol. The molecule has 2 heterocycles. The van der Waals surface area contributed by atoms with Gasteiger partial charge in [0.25, 0.3) is 0 Å². The van der Waals surface area contributed by atoms with Crippen LogP contribution in [-0.4, -0.2) is 21.8 Å². The summed E-state index contributed by atoms with van der Waals surface area (Å²) in [7, 11) is -0.663. The molecule has 1 aromatic heterocycles. The van der Waals surface area contributed by atoms with Crippen LogP contribution in [0.2, 0.25) is 0 Å². The van der Waals surface area contributed by atoms with Crippen molar-refractivity contribution < 1.29 is 4.21 Å². The highest BCUT2D eigenvalue weighted by Crippen LogP contribution is 2.28. The molecule has 0 saturated carbocycles. The van der Waals surface area contributed by atoms with Gasteiger partial charge in [0.2, 0.25) is 0 Å². The number of hydrogen-bond acceptors (Lipinski definition) is 3. The Labute approximate surface area is 98.7 Å². The first-order valence-electron chi connectivity index (χ1n) is 4.50. The lowest BCUT2D eigenvalue weighted by molar-refractivity contribution is 0.495. The molecule has 1 aliphatic rings. The van der Waals surface area contributed by atoms with Crippen LogP contribution in [0.1, 0.15) is 17.8 Å². The molecule has 1 saturated heterocycles. The van der Waals surface area contributed by atoms with Crippen molar-refractivity contribution in [1.82, 2.24) is 5.32 Å². The van der Waals surface area contributed by atoms with Crippen LogP contribution in [-0.2, 0) is 10.8 Å². The molecule has 1 aliphatic heterocycles. The van der Waals surface area contributed by atoms with Crippen molar-refractivity contribution in [3.63, 3.8) is 0 Å². The summed E-state index contributed by atoms with van der Waals surface area (Å²) in [6.45, 7) is 2.09. The lowest BCUT2D eigenvalue weighted by Crippen LogP contribution is -2.42. The lowest BCUT2D eigenvalue weighted by Gasteiger charge is -2.27. The van der Waals surface area contributed by atoms with Crippen LogP contribution >= 0.6 is 27.3 Å². The Bertz CT molecular complexity index is 352. The van der Waals surface area contributed by atoms with Gasteiger partial charge in [-0.1, -0.05) is 0 Å². The number of rotatable bonds is 1. The Morgan fingerprint density at radius 1 is 1.64 bits per heavy atom. The Hall–Kier alpha value is 0.290. The SMILES string of the molecule is CC1CS(=O)CC(c2cc(Br)cs2)N1. The molecule has 5 heteroatoms. The van der Waals surface area contributed by atoms with Crippen LogP contribution < -0.4 is 5.32 Å². The molecule has 1 fully saturated rings. The predicted octanol–water partition coefficient (Wildman–Crippen LogP) is 2.29. The monoisotopic (exact) mass is 293 g/mol. The van der Waals surface area contributed by atoms with E-state index in [1.165, 1.54) is 4.88 Å². The van der Waals surface area contributed by atoms with E-state index in [-0.39, 0.29) is 6.04 Å². The normalized spacial score (nSPS) is 33.1. The van der Waals surface area contributed by atoms with Gasteiger partial charge in [-0.25, -0.2) is 0 Å². The summed E-state index contributed by atoms with van der Waals surface area (Å²) in [4.78, 5) is 1.27. The van der Waals surface area contributed by atoms with Gasteiger partial charge in [0, 0.05) is 43.1 Å². The molecule has 0 aromatic carbocycles. The van der Waals surface area contributed by atoms with E-state index in [0.717, 1.165) is 16.0 Å². The van der Waals surface area contributed by atoms with Gasteiger partial charge in [-0.3, -0.25) is 4.21 Å². The first kappa shape index (κ1) is 10.8. The second-order valence-corrected chi connectivity index (χ2v) is 6.97. The molecular formula is C9H12BrNOS2. The average Bonchev–Trinajstić information content (AvgIpc) is 2.50. The standard InChI is InChI=1S/C9H12BrNOS2/c1-6-4-14(12)5-8(11-6)9-2-7(10)3-13-9/h2-3,6,8,11H,4-5H2,1H3. The van der Waals surface area contributed by atoms with Crippen LogP contribution in [0.5, 0.6) is 0 Å². The number of thiophene rings is 1. The second kappa shape index (κ2) is 4.43. The molecule has 1 N–H and O–H groups in total. The van der Waals surface area contributed by atoms with Crippen LogP contribution in [0.4, 0.5) is 0 Å². The zero-order chi connectivity index (χ0) is 10.1. The van der Waals surface area contributed by atoms with Crippen molar-refractivity contribution in [3.05, 3.63) is 20.8 Å². The topological polar surface area (TPSA) is 29.1 Å². The van der Waals surface area contributed by atoms with E-state index in [1.807, 2.05) is 0 Å². The van der Waals surface area contributed by atoms with Gasteiger partial charge >= 0.3 is 0 Å². The van der Waals surface area contributed by atoms with Gasteiger partial charge in [-0.05, 0) is 28.9 Å². The molecule has 0 spiro atoms. The van der Waals surface area contributed by atoms with E-state index >= 15 is 0 Å². The minimum Gasteiger partial charge on any atom is -0.305 e. The summed E-state index contributed by atoms with van der Waals surface area (Å²) in [6.07, 6.45) is 0. The van der Waals surface area contributed by atoms with E-state index in [2.05, 4.69) is 39.6 Å². The summed E-state index contributed by atoms with van der Waals surface area (Å²) in [5.41, 5.74) is 0. The molecule has 0 radical (unpaired) electrons. The van der Waals surface area contributed by atoms with Crippen molar-refractivity contribution in [1.29, 1.82) is 0 Å². The maximum atomic E-state index is 11.5. The fourth-order valence-electron chi connectivity index (χ4n) is 1.65. The number of hydrogen-bond donors (Lipinski definition) is 1. The molecule has 0 amide bonds. The zero-order valence-corrected chi connectivity index (χ0v) is 11.0. The Morgan fingerprint density at radius 2 is 2.43 bits per heavy atom. The highest BCUT2D eigenvalue weighted by atomic mass is 79.9. The molecule has 0 bridgehead atoms. The lowest BCUT2D eigenvalue weighted by atomic mass is 10.2. The predicted molar refractivity (Wildman–Crippen MR) is 65.2 cm³/mol. The minimum atomic E-state index is -0.663. The van der Waals surface area contributed by atoms with Gasteiger partial charge < -0.3 is 5.32 Å². The van der Waals surface area contributed by atoms with Gasteiger partial charge in [-0.15, -0.1) is 11.3 Å². The molecule has 14 heavy (non-hydrogen) atoms. The third-order valence-electron chi connectivity index (χ3n) is 2.21. The highest BCUT2D eigenvalue weighted by Gasteiger charge is 2.24. The van der Waals surface area contributed by atoms with Crippen molar-refractivity contribution in [3.8, 4) is 0 Å². The molecule has 2 rings (SSSR count). The maximum absolute atomic E-state index is 11.5. The Balaban J connectivity index is 2.14. The van der Waals surface area contributed by atoms with Crippen LogP contribution in [0.15, 0.2) is 15.9 Å². The van der Waals surface area contributed by atoms with Gasteiger partial charge in [0.15, 0.2) is 0 Å². The molecule has 1 aromatic rings. The summed E-state index contributed by atoms with van der Waals surface area (Å²) in [5, 5.41) is 5.54. The molecule has 3 atom stereocenters. The van der Waals surface area contributed by atoms with E-state index in [0.29, 0.717) is 6.04 Å². The van der Waals surface area contributed by atoms with Gasteiger partial charge in [0.1, 0.15) is 0 Å². The quantitative estimate of drug-likeness (QED) is 0.861. The van der Waals surface area contributed by atoms with Crippen molar-refractivity contribution in [2.24, 2.45) is 0 Å². The van der Waals surface area contributed by atoms with Crippen molar-refractivity contribution >= 4 is 38.1 Å². The Kier molecular flexibility index (Phi) is 3.42. The van der Waals surface area contributed by atoms with Crippen LogP contribution in [0.25, 0.3) is 0 Å². The molecule has 0 aliphatic carbocycles. The third kappa shape index (κ3) is 2.45. The molecule has 2 nitrogen and oxygen atoms in total. The van der Waals surface area contributed by atoms with E-state index in [1.54, 1.807) is 11.3 Å². The fraction of sp³-hybridized carbons (Fsp3) is 0.556. The minimum absolute atomic E-state index is 0.274. The summed E-state index contributed by atoms with van der Waals surface area (Å²) < 4.78 is 12.6. The van der Waals surface area contributed by atoms with Crippen LogP contribution in [0.3, 0.4) is 0 Å². The largest absolute Gasteiger partial charge is 0.305 e. The number of halogens is 1. The third-order valence-corrected chi connectivity index (χ3v) is 5.59. The average molecular weight is 294 g/mol. The first-order valence-corrected chi connectivity index (χ1v) is 7.66. The maximum Gasteiger partial charge on any atom is 0.0534 e. The Morgan fingerprint density at radius 3 is 3.00 bits per heavy atom. The van der Waals surface area contributed by atoms with E-state index in [9.17, 15) is 4.21 Å². The summed E-state index contributed by atoms with van der Waals surface area (Å²) >= 11 is 5.15. The van der Waals surface area contributed by atoms with Crippen molar-refractivity contribution in [2.45, 2.75) is 19.0 Å². The summed E-state index contributed by atoms with van der Waals surface area (Å²) in [5.74, 6) is 1.53. The fourth-order valence-corrected chi connectivity index (χ4v) is 4.70. The molecule has 78 valence electrons. The molecule has 3 unspecified atom stereocenters. The smallest absolute Gasteiger partial charge is 0.0534 e. The van der Waals surface area contributed by atoms with Crippen LogP contribution in [0, 0.1) is 0 Å². The van der Waals surface area contributed by atoms with E-state index < -0.39 is 10.8 Å². The van der Waals surface area contributed by atoms with Gasteiger partial charge in [0.05, 0.1) is 6.04 Å². The zero-order valence-electron chi connectivity index (χ0n) is 7.83. The highest BCUT2D eigenvalue weighted by molar-refractivity contribution is 9.10. The number of nitrogens with one attached hydrogen (secondary N) is 1. The van der Waals surface area contributed by atoms with Gasteiger partial charge in [-0.2, -0.15) is 0 Å². The second-order valence-electron chi connectivity index (χ2n) is 3.56. The first-order chi connectivity index (χ1) is 6.65. The summed E-state index contributed by atoms with van der Waals surface area (Å²) in [6, 6.07) is 2.74. The van der Waals surface area contributed by atoms with E-state index in [4.69, 9.17) is 0 Å². The van der Waals surface area contributed by atoms with Crippen molar-refractivity contribution in [2.75, 3.05) is 11.5 Å².